The van der Waals surface area contributed by atoms with Gasteiger partial charge in [-0.3, -0.25) is 0 Å². The molecule has 5 aromatic rings. The minimum absolute atomic E-state index is 0.193. The molecule has 0 saturated carbocycles. The van der Waals surface area contributed by atoms with E-state index < -0.39 is 5.41 Å². The minimum atomic E-state index is -0.791. The van der Waals surface area contributed by atoms with Gasteiger partial charge in [-0.15, -0.1) is 0 Å². The van der Waals surface area contributed by atoms with Crippen LogP contribution in [0.25, 0.3) is 21.5 Å². The minimum Gasteiger partial charge on any atom is -0.508 e. The molecule has 0 spiro atoms. The molecule has 0 aromatic heterocycles. The van der Waals surface area contributed by atoms with Gasteiger partial charge in [0.1, 0.15) is 28.7 Å². The van der Waals surface area contributed by atoms with Gasteiger partial charge in [-0.25, -0.2) is 0 Å². The molecule has 0 saturated heterocycles. The van der Waals surface area contributed by atoms with Gasteiger partial charge in [0.05, 0.1) is 8.99 Å². The lowest BCUT2D eigenvalue weighted by Gasteiger charge is -2.40. The first-order valence-electron chi connectivity index (χ1n) is 10.7. The van der Waals surface area contributed by atoms with Crippen LogP contribution in [-0.4, -0.2) is 15.3 Å². The highest BCUT2D eigenvalue weighted by Crippen LogP contribution is 2.57. The van der Waals surface area contributed by atoms with Gasteiger partial charge in [0.25, 0.3) is 0 Å². The fourth-order valence-electron chi connectivity index (χ4n) is 5.26. The summed E-state index contributed by atoms with van der Waals surface area (Å²) in [4.78, 5) is 0. The summed E-state index contributed by atoms with van der Waals surface area (Å²) >= 11 is 4.45. The van der Waals surface area contributed by atoms with E-state index in [0.717, 1.165) is 45.4 Å². The van der Waals surface area contributed by atoms with E-state index in [-0.39, 0.29) is 17.2 Å². The summed E-state index contributed by atoms with van der Waals surface area (Å²) in [6, 6.07) is 22.4. The van der Waals surface area contributed by atoms with Crippen LogP contribution in [0.15, 0.2) is 72.8 Å². The van der Waals surface area contributed by atoms with Gasteiger partial charge in [0.2, 0.25) is 0 Å². The van der Waals surface area contributed by atoms with Crippen molar-refractivity contribution in [3.8, 4) is 28.7 Å². The van der Waals surface area contributed by atoms with E-state index in [4.69, 9.17) is 4.74 Å². The fourth-order valence-corrected chi connectivity index (χ4v) is 7.10. The predicted molar refractivity (Wildman–Crippen MR) is 150 cm³/mol. The van der Waals surface area contributed by atoms with Gasteiger partial charge in [-0.05, 0) is 122 Å². The monoisotopic (exact) mass is 672 g/mol. The number of halogens is 2. The lowest BCUT2D eigenvalue weighted by Crippen LogP contribution is -2.30. The van der Waals surface area contributed by atoms with Crippen molar-refractivity contribution in [3.05, 3.63) is 96.6 Å². The molecule has 0 amide bonds. The molecule has 0 fully saturated rings. The summed E-state index contributed by atoms with van der Waals surface area (Å²) in [5.41, 5.74) is 1.83. The summed E-state index contributed by atoms with van der Waals surface area (Å²) in [5, 5.41) is 35.3. The molecule has 0 unspecified atom stereocenters. The number of hydrogen-bond acceptors (Lipinski definition) is 4. The van der Waals surface area contributed by atoms with E-state index in [1.54, 1.807) is 24.3 Å². The molecular formula is C28H18I2O4. The second-order valence-corrected chi connectivity index (χ2v) is 11.1. The number of ether oxygens (including phenoxy) is 1. The van der Waals surface area contributed by atoms with Crippen LogP contribution in [0.5, 0.6) is 28.7 Å². The first kappa shape index (κ1) is 21.8. The van der Waals surface area contributed by atoms with E-state index >= 15 is 0 Å². The number of rotatable bonds is 1. The Morgan fingerprint density at radius 3 is 1.74 bits per heavy atom. The topological polar surface area (TPSA) is 69.9 Å². The lowest BCUT2D eigenvalue weighted by atomic mass is 9.66. The number of phenols is 3. The zero-order chi connectivity index (χ0) is 23.8. The SMILES string of the molecule is CC1(c2cc(I)cc(I)c2O)c2c(ccc3cc(O)ccc23)Oc2ccc3cc(O)ccc3c21. The fraction of sp³-hybridized carbons (Fsp3) is 0.0714. The molecule has 5 aromatic carbocycles. The summed E-state index contributed by atoms with van der Waals surface area (Å²) in [7, 11) is 0. The summed E-state index contributed by atoms with van der Waals surface area (Å²) in [6.07, 6.45) is 0. The van der Waals surface area contributed by atoms with Crippen molar-refractivity contribution in [2.45, 2.75) is 12.3 Å². The molecular weight excluding hydrogens is 654 g/mol. The van der Waals surface area contributed by atoms with Gasteiger partial charge in [-0.2, -0.15) is 0 Å². The zero-order valence-electron chi connectivity index (χ0n) is 17.9. The van der Waals surface area contributed by atoms with E-state index in [9.17, 15) is 15.3 Å². The Hall–Kier alpha value is -2.72. The Kier molecular flexibility index (Phi) is 4.90. The molecule has 34 heavy (non-hydrogen) atoms. The maximum absolute atomic E-state index is 11.4. The van der Waals surface area contributed by atoms with Crippen LogP contribution in [0, 0.1) is 7.14 Å². The van der Waals surface area contributed by atoms with Crippen molar-refractivity contribution < 1.29 is 20.1 Å². The lowest BCUT2D eigenvalue weighted by molar-refractivity contribution is 0.417. The average Bonchev–Trinajstić information content (AvgIpc) is 2.80. The molecule has 4 nitrogen and oxygen atoms in total. The summed E-state index contributed by atoms with van der Waals surface area (Å²) in [5.74, 6) is 2.03. The van der Waals surface area contributed by atoms with Crippen molar-refractivity contribution in [2.24, 2.45) is 0 Å². The van der Waals surface area contributed by atoms with Gasteiger partial charge in [-0.1, -0.05) is 24.3 Å². The van der Waals surface area contributed by atoms with Gasteiger partial charge < -0.3 is 20.1 Å². The number of benzene rings is 5. The largest absolute Gasteiger partial charge is 0.508 e. The Morgan fingerprint density at radius 2 is 1.21 bits per heavy atom. The first-order valence-corrected chi connectivity index (χ1v) is 12.8. The van der Waals surface area contributed by atoms with E-state index in [0.29, 0.717) is 11.5 Å². The summed E-state index contributed by atoms with van der Waals surface area (Å²) in [6.45, 7) is 2.12. The van der Waals surface area contributed by atoms with Crippen LogP contribution in [-0.2, 0) is 5.41 Å². The third kappa shape index (κ3) is 3.07. The van der Waals surface area contributed by atoms with Crippen molar-refractivity contribution in [2.75, 3.05) is 0 Å². The van der Waals surface area contributed by atoms with E-state index in [1.807, 2.05) is 48.5 Å². The Labute approximate surface area is 223 Å². The second-order valence-electron chi connectivity index (χ2n) is 8.70. The molecule has 168 valence electrons. The van der Waals surface area contributed by atoms with Crippen LogP contribution in [0.2, 0.25) is 0 Å². The third-order valence-electron chi connectivity index (χ3n) is 6.72. The van der Waals surface area contributed by atoms with Gasteiger partial charge in [0, 0.05) is 20.3 Å². The molecule has 0 aliphatic carbocycles. The van der Waals surface area contributed by atoms with Crippen LogP contribution < -0.4 is 4.74 Å². The van der Waals surface area contributed by atoms with Crippen molar-refractivity contribution in [1.82, 2.24) is 0 Å². The van der Waals surface area contributed by atoms with Gasteiger partial charge >= 0.3 is 0 Å². The van der Waals surface area contributed by atoms with Crippen molar-refractivity contribution in [3.63, 3.8) is 0 Å². The molecule has 0 radical (unpaired) electrons. The summed E-state index contributed by atoms with van der Waals surface area (Å²) < 4.78 is 8.25. The normalized spacial score (nSPS) is 14.0. The molecule has 3 N–H and O–H groups in total. The maximum atomic E-state index is 11.4. The predicted octanol–water partition coefficient (Wildman–Crippen LogP) is 7.78. The first-order chi connectivity index (χ1) is 16.3. The zero-order valence-corrected chi connectivity index (χ0v) is 22.2. The van der Waals surface area contributed by atoms with Crippen LogP contribution >= 0.6 is 45.2 Å². The molecule has 1 aliphatic heterocycles. The Balaban J connectivity index is 1.84. The van der Waals surface area contributed by atoms with E-state index in [2.05, 4.69) is 52.1 Å². The van der Waals surface area contributed by atoms with Crippen LogP contribution in [0.3, 0.4) is 0 Å². The molecule has 0 bridgehead atoms. The van der Waals surface area contributed by atoms with Crippen LogP contribution in [0.1, 0.15) is 23.6 Å². The average molecular weight is 672 g/mol. The maximum Gasteiger partial charge on any atom is 0.133 e. The highest BCUT2D eigenvalue weighted by atomic mass is 127. The molecule has 0 atom stereocenters. The highest BCUT2D eigenvalue weighted by molar-refractivity contribution is 14.1. The van der Waals surface area contributed by atoms with E-state index in [1.165, 1.54) is 0 Å². The number of aromatic hydroxyl groups is 3. The third-order valence-corrected chi connectivity index (χ3v) is 8.16. The standard InChI is InChI=1S/C28H18I2O4/c1-28(21-12-16(29)13-22(30)27(21)33)25-19-6-4-17(31)10-14(19)2-8-23(25)34-24-9-3-15-11-18(32)5-7-20(15)26(24)28/h2-13,31-33H,1H3. The van der Waals surface area contributed by atoms with Gasteiger partial charge in [0.15, 0.2) is 0 Å². The molecule has 1 heterocycles. The van der Waals surface area contributed by atoms with Crippen molar-refractivity contribution >= 4 is 66.7 Å². The Bertz CT molecular complexity index is 1570. The number of fused-ring (bicyclic) bond motifs is 6. The van der Waals surface area contributed by atoms with Crippen LogP contribution in [0.4, 0.5) is 0 Å². The molecule has 6 heteroatoms. The Morgan fingerprint density at radius 1 is 0.676 bits per heavy atom. The number of hydrogen-bond donors (Lipinski definition) is 3. The van der Waals surface area contributed by atoms with Crippen molar-refractivity contribution in [1.29, 1.82) is 0 Å². The second kappa shape index (κ2) is 7.64. The molecule has 6 rings (SSSR count). The quantitative estimate of drug-likeness (QED) is 0.159. The molecule has 1 aliphatic rings. The smallest absolute Gasteiger partial charge is 0.133 e. The highest BCUT2D eigenvalue weighted by Gasteiger charge is 2.44. The number of phenolic OH excluding ortho intramolecular Hbond substituents is 3.